The van der Waals surface area contributed by atoms with Gasteiger partial charge >= 0.3 is 5.97 Å². The Bertz CT molecular complexity index is 553. The monoisotopic (exact) mass is 274 g/mol. The molecule has 3 atom stereocenters. The van der Waals surface area contributed by atoms with Crippen molar-refractivity contribution in [1.29, 1.82) is 0 Å². The van der Waals surface area contributed by atoms with Crippen LogP contribution in [0.4, 0.5) is 0 Å². The molecule has 3 rings (SSSR count). The average Bonchev–Trinajstić information content (AvgIpc) is 2.58. The zero-order valence-electron chi connectivity index (χ0n) is 11.5. The van der Waals surface area contributed by atoms with E-state index < -0.39 is 23.1 Å². The van der Waals surface area contributed by atoms with Crippen LogP contribution in [0.1, 0.15) is 31.7 Å². The van der Waals surface area contributed by atoms with Crippen molar-refractivity contribution in [3.05, 3.63) is 35.9 Å². The molecule has 4 nitrogen and oxygen atoms in total. The Morgan fingerprint density at radius 1 is 1.30 bits per heavy atom. The van der Waals surface area contributed by atoms with Gasteiger partial charge in [0.2, 0.25) is 0 Å². The number of aliphatic hydroxyl groups excluding tert-OH is 1. The maximum atomic E-state index is 12.2. The molecule has 20 heavy (non-hydrogen) atoms. The van der Waals surface area contributed by atoms with Crippen LogP contribution in [0.2, 0.25) is 0 Å². The van der Waals surface area contributed by atoms with Gasteiger partial charge in [0.1, 0.15) is 11.7 Å². The van der Waals surface area contributed by atoms with Gasteiger partial charge < -0.3 is 9.84 Å². The molecule has 0 amide bonds. The van der Waals surface area contributed by atoms with Gasteiger partial charge in [-0.2, -0.15) is 0 Å². The molecule has 1 aliphatic carbocycles. The lowest BCUT2D eigenvalue weighted by molar-refractivity contribution is -0.154. The first-order valence-corrected chi connectivity index (χ1v) is 7.04. The zero-order valence-corrected chi connectivity index (χ0v) is 11.5. The topological polar surface area (TPSA) is 63.6 Å². The van der Waals surface area contributed by atoms with Crippen LogP contribution >= 0.6 is 0 Å². The second kappa shape index (κ2) is 4.42. The summed E-state index contributed by atoms with van der Waals surface area (Å²) in [7, 11) is 0. The van der Waals surface area contributed by atoms with Gasteiger partial charge in [-0.15, -0.1) is 0 Å². The molecule has 1 aromatic carbocycles. The maximum absolute atomic E-state index is 12.2. The highest BCUT2D eigenvalue weighted by Gasteiger charge is 2.69. The number of carbonyl (C=O) groups excluding carboxylic acids is 2. The van der Waals surface area contributed by atoms with Gasteiger partial charge in [-0.3, -0.25) is 9.59 Å². The summed E-state index contributed by atoms with van der Waals surface area (Å²) in [5.74, 6) is -0.732. The average molecular weight is 274 g/mol. The van der Waals surface area contributed by atoms with Gasteiger partial charge in [0.05, 0.1) is 0 Å². The molecule has 2 fully saturated rings. The molecule has 0 aromatic heterocycles. The van der Waals surface area contributed by atoms with E-state index in [1.807, 2.05) is 30.3 Å². The summed E-state index contributed by atoms with van der Waals surface area (Å²) in [4.78, 5) is 24.4. The fourth-order valence-electron chi connectivity index (χ4n) is 3.59. The Labute approximate surface area is 117 Å². The van der Waals surface area contributed by atoms with Crippen molar-refractivity contribution in [2.24, 2.45) is 5.41 Å². The molecular formula is C16H18O4. The molecule has 1 N–H and O–H groups in total. The second-order valence-corrected chi connectivity index (χ2v) is 5.77. The molecule has 2 bridgehead atoms. The minimum absolute atomic E-state index is 0.182. The van der Waals surface area contributed by atoms with Crippen LogP contribution in [0.15, 0.2) is 30.3 Å². The maximum Gasteiger partial charge on any atom is 0.323 e. The molecule has 1 aliphatic heterocycles. The molecule has 106 valence electrons. The Balaban J connectivity index is 1.99. The number of aliphatic hydroxyl groups is 1. The number of fused-ring (bicyclic) bond motifs is 2. The van der Waals surface area contributed by atoms with Crippen LogP contribution in [-0.2, 0) is 20.7 Å². The van der Waals surface area contributed by atoms with E-state index in [1.54, 1.807) is 6.92 Å². The van der Waals surface area contributed by atoms with Gasteiger partial charge in [0.15, 0.2) is 11.2 Å². The molecule has 1 saturated heterocycles. The summed E-state index contributed by atoms with van der Waals surface area (Å²) in [6.45, 7) is 1.76. The van der Waals surface area contributed by atoms with Crippen molar-refractivity contribution in [2.75, 3.05) is 0 Å². The first-order chi connectivity index (χ1) is 9.55. The quantitative estimate of drug-likeness (QED) is 0.672. The third-order valence-corrected chi connectivity index (χ3v) is 4.80. The smallest absolute Gasteiger partial charge is 0.323 e. The normalized spacial score (nSPS) is 36.0. The van der Waals surface area contributed by atoms with Crippen LogP contribution in [0, 0.1) is 5.41 Å². The fraction of sp³-hybridized carbons (Fsp3) is 0.500. The number of rotatable bonds is 3. The Morgan fingerprint density at radius 2 is 2.00 bits per heavy atom. The predicted molar refractivity (Wildman–Crippen MR) is 71.9 cm³/mol. The van der Waals surface area contributed by atoms with Crippen molar-refractivity contribution < 1.29 is 19.4 Å². The highest BCUT2D eigenvalue weighted by atomic mass is 16.6. The lowest BCUT2D eigenvalue weighted by Crippen LogP contribution is -2.55. The predicted octanol–water partition coefficient (Wildman–Crippen LogP) is 1.64. The van der Waals surface area contributed by atoms with Crippen molar-refractivity contribution >= 4 is 11.8 Å². The third kappa shape index (κ3) is 1.57. The molecule has 0 unspecified atom stereocenters. The molecule has 1 aromatic rings. The minimum Gasteiger partial charge on any atom is -0.455 e. The molecule has 4 heteroatoms. The summed E-state index contributed by atoms with van der Waals surface area (Å²) >= 11 is 0. The zero-order chi connectivity index (χ0) is 14.4. The number of carbonyl (C=O) groups is 2. The summed E-state index contributed by atoms with van der Waals surface area (Å²) in [6, 6.07) is 9.63. The van der Waals surface area contributed by atoms with Gasteiger partial charge in [0, 0.05) is 12.8 Å². The van der Waals surface area contributed by atoms with Crippen LogP contribution in [0.5, 0.6) is 0 Å². The number of Topliss-reactive ketones (excluding diaryl/α,β-unsaturated/α-hetero) is 1. The van der Waals surface area contributed by atoms with Crippen molar-refractivity contribution in [2.45, 2.75) is 44.3 Å². The van der Waals surface area contributed by atoms with Gasteiger partial charge in [-0.25, -0.2) is 0 Å². The van der Waals surface area contributed by atoms with E-state index in [-0.39, 0.29) is 5.78 Å². The van der Waals surface area contributed by atoms with E-state index >= 15 is 0 Å². The van der Waals surface area contributed by atoms with Gasteiger partial charge in [0.25, 0.3) is 0 Å². The van der Waals surface area contributed by atoms with Crippen molar-refractivity contribution in [3.8, 4) is 0 Å². The van der Waals surface area contributed by atoms with Crippen LogP contribution in [0.3, 0.4) is 0 Å². The van der Waals surface area contributed by atoms with E-state index in [9.17, 15) is 14.7 Å². The minimum atomic E-state index is -1.34. The van der Waals surface area contributed by atoms with Crippen LogP contribution in [0.25, 0.3) is 0 Å². The molecule has 0 spiro atoms. The van der Waals surface area contributed by atoms with Gasteiger partial charge in [-0.05, 0) is 18.4 Å². The number of esters is 1. The Hall–Kier alpha value is -1.68. The van der Waals surface area contributed by atoms with E-state index in [4.69, 9.17) is 4.74 Å². The van der Waals surface area contributed by atoms with E-state index in [1.165, 1.54) is 0 Å². The summed E-state index contributed by atoms with van der Waals surface area (Å²) < 4.78 is 5.54. The van der Waals surface area contributed by atoms with E-state index in [0.29, 0.717) is 25.7 Å². The SMILES string of the molecule is CC[C@]12C(=O)CC[C@](Cc3ccccc3)(OC1=O)[C@H]2O. The number of hydrogen-bond acceptors (Lipinski definition) is 4. The Kier molecular flexibility index (Phi) is 2.94. The number of benzene rings is 1. The molecular weight excluding hydrogens is 256 g/mol. The number of ether oxygens (including phenoxy) is 1. The van der Waals surface area contributed by atoms with E-state index in [2.05, 4.69) is 0 Å². The standard InChI is InChI=1S/C16H18O4/c1-2-16-12(17)8-9-15(13(16)18,20-14(16)19)10-11-6-4-3-5-7-11/h3-7,13,18H,2,8-10H2,1H3/t13-,15-,16-/m1/s1. The summed E-state index contributed by atoms with van der Waals surface area (Å²) in [6.07, 6.45) is 0.394. The number of hydrogen-bond donors (Lipinski definition) is 1. The summed E-state index contributed by atoms with van der Waals surface area (Å²) in [5, 5.41) is 10.6. The highest BCUT2D eigenvalue weighted by Crippen LogP contribution is 2.52. The Morgan fingerprint density at radius 3 is 2.65 bits per heavy atom. The first kappa shape index (κ1) is 13.3. The molecule has 1 saturated carbocycles. The summed E-state index contributed by atoms with van der Waals surface area (Å²) in [5.41, 5.74) is -1.28. The van der Waals surface area contributed by atoms with Crippen LogP contribution < -0.4 is 0 Å². The third-order valence-electron chi connectivity index (χ3n) is 4.80. The van der Waals surface area contributed by atoms with E-state index in [0.717, 1.165) is 5.56 Å². The van der Waals surface area contributed by atoms with Crippen molar-refractivity contribution in [3.63, 3.8) is 0 Å². The van der Waals surface area contributed by atoms with Crippen molar-refractivity contribution in [1.82, 2.24) is 0 Å². The lowest BCUT2D eigenvalue weighted by Gasteiger charge is -2.38. The lowest BCUT2D eigenvalue weighted by atomic mass is 9.64. The van der Waals surface area contributed by atoms with Crippen LogP contribution in [-0.4, -0.2) is 28.6 Å². The molecule has 2 aliphatic rings. The van der Waals surface area contributed by atoms with Gasteiger partial charge in [-0.1, -0.05) is 37.3 Å². The highest BCUT2D eigenvalue weighted by molar-refractivity contribution is 6.07. The first-order valence-electron chi connectivity index (χ1n) is 7.04. The fourth-order valence-corrected chi connectivity index (χ4v) is 3.59. The molecule has 1 heterocycles. The molecule has 0 radical (unpaired) electrons. The largest absolute Gasteiger partial charge is 0.455 e. The second-order valence-electron chi connectivity index (χ2n) is 5.77. The number of ketones is 1.